The maximum atomic E-state index is 12.5. The van der Waals surface area contributed by atoms with Crippen molar-refractivity contribution in [3.05, 3.63) is 44.6 Å². The molecule has 0 fully saturated rings. The summed E-state index contributed by atoms with van der Waals surface area (Å²) in [6.45, 7) is 0. The normalized spacial score (nSPS) is 22.3. The number of nitrogens with zero attached hydrogens (tertiary/aromatic N) is 1. The summed E-state index contributed by atoms with van der Waals surface area (Å²) in [6, 6.07) is 7.38. The largest absolute Gasteiger partial charge is 0.383 e. The minimum absolute atomic E-state index is 0.655. The van der Waals surface area contributed by atoms with Crippen LogP contribution < -0.4 is 4.31 Å². The van der Waals surface area contributed by atoms with Crippen LogP contribution in [0, 0.1) is 0 Å². The Kier molecular flexibility index (Phi) is 3.05. The van der Waals surface area contributed by atoms with Gasteiger partial charge < -0.3 is 5.11 Å². The number of fused-ring (bicyclic) bond motifs is 2. The molecule has 1 N–H and O–H groups in total. The number of thiophene rings is 1. The molecule has 3 rings (SSSR count). The predicted octanol–water partition coefficient (Wildman–Crippen LogP) is 3.06. The molecule has 2 heterocycles. The highest BCUT2D eigenvalue weighted by molar-refractivity contribution is 9.10. The second kappa shape index (κ2) is 4.45. The van der Waals surface area contributed by atoms with Gasteiger partial charge in [-0.1, -0.05) is 22.0 Å². The average molecular weight is 344 g/mol. The summed E-state index contributed by atoms with van der Waals surface area (Å²) >= 11 is 4.86. The van der Waals surface area contributed by atoms with Gasteiger partial charge in [-0.05, 0) is 23.6 Å². The third-order valence-corrected chi connectivity index (χ3v) is 5.84. The summed E-state index contributed by atoms with van der Waals surface area (Å²) < 4.78 is 15.1. The Morgan fingerprint density at radius 2 is 2.22 bits per heavy atom. The third-order valence-electron chi connectivity index (χ3n) is 2.97. The predicted molar refractivity (Wildman–Crippen MR) is 77.3 cm³/mol. The van der Waals surface area contributed by atoms with Gasteiger partial charge in [0.05, 0.1) is 15.5 Å². The Morgan fingerprint density at radius 1 is 1.44 bits per heavy atom. The topological polar surface area (TPSA) is 40.5 Å². The Hall–Kier alpha value is -0.690. The lowest BCUT2D eigenvalue weighted by atomic mass is 10.1. The van der Waals surface area contributed by atoms with Gasteiger partial charge in [-0.3, -0.25) is 4.31 Å². The van der Waals surface area contributed by atoms with E-state index in [1.165, 1.54) is 11.3 Å². The van der Waals surface area contributed by atoms with E-state index in [2.05, 4.69) is 15.9 Å². The van der Waals surface area contributed by atoms with E-state index in [9.17, 15) is 9.32 Å². The standard InChI is InChI=1S/C12H10BrNO2S2/c1-14-9-4-5-17-12(9)11(15)8-3-2-7(13)6-10(8)18(14)16/h2-6,11,15H,1H3. The second-order valence-electron chi connectivity index (χ2n) is 4.00. The van der Waals surface area contributed by atoms with Gasteiger partial charge in [-0.15, -0.1) is 11.3 Å². The highest BCUT2D eigenvalue weighted by atomic mass is 79.9. The van der Waals surface area contributed by atoms with Crippen molar-refractivity contribution in [2.45, 2.75) is 11.0 Å². The summed E-state index contributed by atoms with van der Waals surface area (Å²) in [4.78, 5) is 1.50. The van der Waals surface area contributed by atoms with Crippen LogP contribution >= 0.6 is 27.3 Å². The number of hydrogen-bond donors (Lipinski definition) is 1. The Labute approximate surface area is 120 Å². The van der Waals surface area contributed by atoms with Crippen molar-refractivity contribution in [3.8, 4) is 0 Å². The molecule has 3 nitrogen and oxygen atoms in total. The SMILES string of the molecule is CN1c2ccsc2C(O)c2ccc(Br)cc2S1=O. The molecule has 0 amide bonds. The van der Waals surface area contributed by atoms with Crippen LogP contribution in [-0.2, 0) is 11.0 Å². The molecular formula is C12H10BrNO2S2. The van der Waals surface area contributed by atoms with Gasteiger partial charge in [-0.25, -0.2) is 4.21 Å². The van der Waals surface area contributed by atoms with E-state index >= 15 is 0 Å². The molecule has 0 radical (unpaired) electrons. The van der Waals surface area contributed by atoms with Crippen LogP contribution in [0.5, 0.6) is 0 Å². The Balaban J connectivity index is 2.29. The van der Waals surface area contributed by atoms with E-state index in [0.717, 1.165) is 15.0 Å². The molecule has 1 aliphatic heterocycles. The van der Waals surface area contributed by atoms with Crippen molar-refractivity contribution in [1.82, 2.24) is 0 Å². The summed E-state index contributed by atoms with van der Waals surface area (Å²) in [7, 11) is 0.484. The monoisotopic (exact) mass is 343 g/mol. The summed E-state index contributed by atoms with van der Waals surface area (Å²) in [6.07, 6.45) is -0.711. The zero-order valence-electron chi connectivity index (χ0n) is 9.46. The van der Waals surface area contributed by atoms with E-state index in [4.69, 9.17) is 0 Å². The molecular weight excluding hydrogens is 334 g/mol. The van der Waals surface area contributed by atoms with Gasteiger partial charge in [0.25, 0.3) is 0 Å². The average Bonchev–Trinajstić information content (AvgIpc) is 2.82. The molecule has 2 unspecified atom stereocenters. The fraction of sp³-hybridized carbons (Fsp3) is 0.167. The van der Waals surface area contributed by atoms with Crippen molar-refractivity contribution in [2.24, 2.45) is 0 Å². The lowest BCUT2D eigenvalue weighted by Gasteiger charge is -2.15. The van der Waals surface area contributed by atoms with Gasteiger partial charge in [0, 0.05) is 17.1 Å². The maximum Gasteiger partial charge on any atom is 0.153 e. The van der Waals surface area contributed by atoms with Gasteiger partial charge >= 0.3 is 0 Å². The van der Waals surface area contributed by atoms with E-state index in [-0.39, 0.29) is 0 Å². The van der Waals surface area contributed by atoms with Crippen molar-refractivity contribution in [1.29, 1.82) is 0 Å². The zero-order valence-corrected chi connectivity index (χ0v) is 12.7. The number of benzene rings is 1. The van der Waals surface area contributed by atoms with Crippen molar-refractivity contribution in [2.75, 3.05) is 11.4 Å². The number of aliphatic hydroxyl groups is 1. The van der Waals surface area contributed by atoms with Crippen LogP contribution in [0.1, 0.15) is 16.5 Å². The molecule has 1 aliphatic rings. The van der Waals surface area contributed by atoms with E-state index < -0.39 is 17.1 Å². The number of halogens is 1. The molecule has 94 valence electrons. The molecule has 2 aromatic rings. The lowest BCUT2D eigenvalue weighted by Crippen LogP contribution is -2.19. The van der Waals surface area contributed by atoms with Crippen LogP contribution in [0.15, 0.2) is 39.0 Å². The van der Waals surface area contributed by atoms with Crippen LogP contribution in [0.25, 0.3) is 0 Å². The number of hydrogen-bond acceptors (Lipinski definition) is 3. The van der Waals surface area contributed by atoms with Crippen molar-refractivity contribution < 1.29 is 9.32 Å². The molecule has 0 aliphatic carbocycles. The smallest absolute Gasteiger partial charge is 0.153 e. The highest BCUT2D eigenvalue weighted by Gasteiger charge is 2.29. The molecule has 1 aromatic heterocycles. The van der Waals surface area contributed by atoms with Crippen LogP contribution in [0.2, 0.25) is 0 Å². The molecule has 0 saturated heterocycles. The first-order valence-electron chi connectivity index (χ1n) is 5.30. The quantitative estimate of drug-likeness (QED) is 0.798. The summed E-state index contributed by atoms with van der Waals surface area (Å²) in [5.74, 6) is 0. The Bertz CT molecular complexity index is 641. The van der Waals surface area contributed by atoms with Gasteiger partial charge in [-0.2, -0.15) is 0 Å². The van der Waals surface area contributed by atoms with Gasteiger partial charge in [0.1, 0.15) is 6.10 Å². The zero-order chi connectivity index (χ0) is 12.9. The maximum absolute atomic E-state index is 12.5. The van der Waals surface area contributed by atoms with E-state index in [1.54, 1.807) is 11.4 Å². The lowest BCUT2D eigenvalue weighted by molar-refractivity contribution is 0.222. The molecule has 0 saturated carbocycles. The van der Waals surface area contributed by atoms with E-state index in [1.807, 2.05) is 29.6 Å². The molecule has 1 aromatic carbocycles. The first-order valence-corrected chi connectivity index (χ1v) is 8.08. The molecule has 6 heteroatoms. The third kappa shape index (κ3) is 1.75. The Morgan fingerprint density at radius 3 is 3.00 bits per heavy atom. The fourth-order valence-corrected chi connectivity index (χ4v) is 4.78. The van der Waals surface area contributed by atoms with Crippen LogP contribution in [0.3, 0.4) is 0 Å². The molecule has 0 spiro atoms. The first kappa shape index (κ1) is 12.3. The van der Waals surface area contributed by atoms with Gasteiger partial charge in [0.15, 0.2) is 11.0 Å². The number of rotatable bonds is 0. The van der Waals surface area contributed by atoms with Crippen molar-refractivity contribution in [3.63, 3.8) is 0 Å². The van der Waals surface area contributed by atoms with Gasteiger partial charge in [0.2, 0.25) is 0 Å². The second-order valence-corrected chi connectivity index (χ2v) is 7.35. The summed E-state index contributed by atoms with van der Waals surface area (Å²) in [5, 5.41) is 12.4. The molecule has 0 bridgehead atoms. The number of aliphatic hydroxyl groups excluding tert-OH is 1. The minimum Gasteiger partial charge on any atom is -0.383 e. The molecule has 18 heavy (non-hydrogen) atoms. The fourth-order valence-electron chi connectivity index (χ4n) is 2.04. The minimum atomic E-state index is -1.30. The van der Waals surface area contributed by atoms with Crippen LogP contribution in [-0.4, -0.2) is 16.4 Å². The number of anilines is 1. The first-order chi connectivity index (χ1) is 8.59. The van der Waals surface area contributed by atoms with Crippen LogP contribution in [0.4, 0.5) is 5.69 Å². The van der Waals surface area contributed by atoms with E-state index in [0.29, 0.717) is 10.5 Å². The highest BCUT2D eigenvalue weighted by Crippen LogP contribution is 2.41. The summed E-state index contributed by atoms with van der Waals surface area (Å²) in [5.41, 5.74) is 1.54. The molecule has 2 atom stereocenters. The van der Waals surface area contributed by atoms with Crippen molar-refractivity contribution >= 4 is 43.9 Å².